The highest BCUT2D eigenvalue weighted by Gasteiger charge is 2.32. The van der Waals surface area contributed by atoms with Crippen LogP contribution in [-0.4, -0.2) is 50.0 Å². The second-order valence-corrected chi connectivity index (χ2v) is 11.6. The predicted octanol–water partition coefficient (Wildman–Crippen LogP) is 3.85. The van der Waals surface area contributed by atoms with E-state index in [4.69, 9.17) is 0 Å². The summed E-state index contributed by atoms with van der Waals surface area (Å²) < 4.78 is 26.8. The molecule has 1 aliphatic rings. The van der Waals surface area contributed by atoms with Crippen LogP contribution in [0.5, 0.6) is 0 Å². The first-order valence-corrected chi connectivity index (χ1v) is 14.0. The molecule has 0 aliphatic heterocycles. The Labute approximate surface area is 209 Å². The Morgan fingerprint density at radius 3 is 2.20 bits per heavy atom. The zero-order valence-corrected chi connectivity index (χ0v) is 22.2. The quantitative estimate of drug-likeness (QED) is 0.568. The Kier molecular flexibility index (Phi) is 8.59. The number of aryl methyl sites for hydroxylation is 3. The standard InChI is InChI=1S/C27H37N3O4S/c1-19-10-8-13-23(16-19)17-29(22(4)27(32)28-24-14-6-7-15-24)25(31)18-30(35(5,33)34)26-20(2)11-9-12-21(26)3/h8-13,16,22,24H,6-7,14-15,17-18H2,1-5H3,(H,28,32)/t22-/m1/s1. The minimum atomic E-state index is -3.75. The van der Waals surface area contributed by atoms with Crippen LogP contribution in [0.15, 0.2) is 42.5 Å². The van der Waals surface area contributed by atoms with Crippen molar-refractivity contribution in [1.82, 2.24) is 10.2 Å². The highest BCUT2D eigenvalue weighted by atomic mass is 32.2. The first kappa shape index (κ1) is 26.7. The molecule has 3 rings (SSSR count). The maximum atomic E-state index is 13.7. The van der Waals surface area contributed by atoms with Gasteiger partial charge in [-0.1, -0.05) is 60.9 Å². The van der Waals surface area contributed by atoms with Gasteiger partial charge in [0.05, 0.1) is 11.9 Å². The first-order chi connectivity index (χ1) is 16.5. The summed E-state index contributed by atoms with van der Waals surface area (Å²) in [5, 5.41) is 3.08. The van der Waals surface area contributed by atoms with E-state index in [0.29, 0.717) is 5.69 Å². The van der Waals surface area contributed by atoms with Gasteiger partial charge in [0.15, 0.2) is 0 Å². The van der Waals surface area contributed by atoms with E-state index < -0.39 is 22.0 Å². The number of para-hydroxylation sites is 1. The molecule has 0 saturated heterocycles. The van der Waals surface area contributed by atoms with E-state index in [1.54, 1.807) is 6.92 Å². The summed E-state index contributed by atoms with van der Waals surface area (Å²) in [4.78, 5) is 28.3. The molecular formula is C27H37N3O4S. The lowest BCUT2D eigenvalue weighted by Crippen LogP contribution is -2.52. The van der Waals surface area contributed by atoms with Crippen molar-refractivity contribution in [1.29, 1.82) is 0 Å². The number of anilines is 1. The fraction of sp³-hybridized carbons (Fsp3) is 0.481. The topological polar surface area (TPSA) is 86.8 Å². The lowest BCUT2D eigenvalue weighted by molar-refractivity contribution is -0.139. The number of carbonyl (C=O) groups is 2. The van der Waals surface area contributed by atoms with E-state index >= 15 is 0 Å². The maximum absolute atomic E-state index is 13.7. The van der Waals surface area contributed by atoms with E-state index in [-0.39, 0.29) is 25.0 Å². The molecule has 1 N–H and O–H groups in total. The molecule has 8 heteroatoms. The van der Waals surface area contributed by atoms with Gasteiger partial charge in [-0.3, -0.25) is 13.9 Å². The van der Waals surface area contributed by atoms with Crippen LogP contribution in [-0.2, 0) is 26.2 Å². The Balaban J connectivity index is 1.92. The summed E-state index contributed by atoms with van der Waals surface area (Å²) in [6.45, 7) is 7.17. The number of nitrogens with zero attached hydrogens (tertiary/aromatic N) is 2. The summed E-state index contributed by atoms with van der Waals surface area (Å²) in [5.74, 6) is -0.635. The van der Waals surface area contributed by atoms with Crippen LogP contribution in [0, 0.1) is 20.8 Å². The summed E-state index contributed by atoms with van der Waals surface area (Å²) in [5.41, 5.74) is 3.96. The second kappa shape index (κ2) is 11.2. The third-order valence-corrected chi connectivity index (χ3v) is 7.78. The SMILES string of the molecule is Cc1cccc(CN(C(=O)CN(c2c(C)cccc2C)S(C)(=O)=O)[C@H](C)C(=O)NC2CCCC2)c1. The number of hydrogen-bond donors (Lipinski definition) is 1. The zero-order chi connectivity index (χ0) is 25.8. The van der Waals surface area contributed by atoms with E-state index in [1.165, 1.54) is 4.90 Å². The van der Waals surface area contributed by atoms with Gasteiger partial charge in [0, 0.05) is 12.6 Å². The molecule has 0 heterocycles. The molecule has 1 atom stereocenters. The molecule has 1 fully saturated rings. The summed E-state index contributed by atoms with van der Waals surface area (Å²) in [6.07, 6.45) is 5.17. The average molecular weight is 500 g/mol. The van der Waals surface area contributed by atoms with Crippen LogP contribution in [0.4, 0.5) is 5.69 Å². The Hall–Kier alpha value is -2.87. The summed E-state index contributed by atoms with van der Waals surface area (Å²) in [7, 11) is -3.75. The van der Waals surface area contributed by atoms with E-state index in [0.717, 1.165) is 58.5 Å². The summed E-state index contributed by atoms with van der Waals surface area (Å²) in [6, 6.07) is 12.7. The molecular weight excluding hydrogens is 462 g/mol. The molecule has 35 heavy (non-hydrogen) atoms. The molecule has 2 amide bonds. The van der Waals surface area contributed by atoms with Crippen LogP contribution in [0.2, 0.25) is 0 Å². The van der Waals surface area contributed by atoms with Crippen molar-refractivity contribution in [3.8, 4) is 0 Å². The number of rotatable bonds is 9. The second-order valence-electron chi connectivity index (χ2n) is 9.69. The number of sulfonamides is 1. The van der Waals surface area contributed by atoms with Gasteiger partial charge < -0.3 is 10.2 Å². The van der Waals surface area contributed by atoms with Crippen molar-refractivity contribution in [3.63, 3.8) is 0 Å². The smallest absolute Gasteiger partial charge is 0.244 e. The van der Waals surface area contributed by atoms with Gasteiger partial charge in [-0.15, -0.1) is 0 Å². The maximum Gasteiger partial charge on any atom is 0.244 e. The number of carbonyl (C=O) groups excluding carboxylic acids is 2. The van der Waals surface area contributed by atoms with Crippen LogP contribution in [0.3, 0.4) is 0 Å². The molecule has 0 aromatic heterocycles. The molecule has 7 nitrogen and oxygen atoms in total. The average Bonchev–Trinajstić information content (AvgIpc) is 3.28. The molecule has 1 aliphatic carbocycles. The minimum absolute atomic E-state index is 0.128. The van der Waals surface area contributed by atoms with Crippen molar-refractivity contribution < 1.29 is 18.0 Å². The Bertz CT molecular complexity index is 1150. The first-order valence-electron chi connectivity index (χ1n) is 12.2. The summed E-state index contributed by atoms with van der Waals surface area (Å²) >= 11 is 0. The minimum Gasteiger partial charge on any atom is -0.352 e. The zero-order valence-electron chi connectivity index (χ0n) is 21.4. The Morgan fingerprint density at radius 2 is 1.63 bits per heavy atom. The van der Waals surface area contributed by atoms with Crippen LogP contribution in [0.25, 0.3) is 0 Å². The van der Waals surface area contributed by atoms with E-state index in [1.807, 2.05) is 63.2 Å². The van der Waals surface area contributed by atoms with Crippen molar-refractivity contribution in [2.45, 2.75) is 72.0 Å². The van der Waals surface area contributed by atoms with Gasteiger partial charge >= 0.3 is 0 Å². The Morgan fingerprint density at radius 1 is 1.03 bits per heavy atom. The van der Waals surface area contributed by atoms with Gasteiger partial charge in [-0.2, -0.15) is 0 Å². The van der Waals surface area contributed by atoms with Crippen LogP contribution in [0.1, 0.15) is 54.9 Å². The molecule has 0 radical (unpaired) electrons. The van der Waals surface area contributed by atoms with Gasteiger partial charge in [-0.05, 0) is 57.2 Å². The van der Waals surface area contributed by atoms with Crippen molar-refractivity contribution in [2.75, 3.05) is 17.1 Å². The molecule has 1 saturated carbocycles. The lowest BCUT2D eigenvalue weighted by Gasteiger charge is -2.33. The van der Waals surface area contributed by atoms with E-state index in [9.17, 15) is 18.0 Å². The normalized spacial score (nSPS) is 15.0. The lowest BCUT2D eigenvalue weighted by atomic mass is 10.1. The number of amides is 2. The third kappa shape index (κ3) is 6.84. The highest BCUT2D eigenvalue weighted by Crippen LogP contribution is 2.27. The van der Waals surface area contributed by atoms with Gasteiger partial charge in [0.1, 0.15) is 12.6 Å². The molecule has 0 bridgehead atoms. The fourth-order valence-electron chi connectivity index (χ4n) is 4.76. The van der Waals surface area contributed by atoms with Crippen LogP contribution < -0.4 is 9.62 Å². The number of benzene rings is 2. The van der Waals surface area contributed by atoms with Gasteiger partial charge in [-0.25, -0.2) is 8.42 Å². The predicted molar refractivity (Wildman–Crippen MR) is 140 cm³/mol. The van der Waals surface area contributed by atoms with Crippen LogP contribution >= 0.6 is 0 Å². The van der Waals surface area contributed by atoms with Crippen molar-refractivity contribution in [3.05, 3.63) is 64.7 Å². The van der Waals surface area contributed by atoms with Gasteiger partial charge in [0.25, 0.3) is 0 Å². The van der Waals surface area contributed by atoms with Gasteiger partial charge in [0.2, 0.25) is 21.8 Å². The molecule has 190 valence electrons. The molecule has 2 aromatic carbocycles. The number of hydrogen-bond acceptors (Lipinski definition) is 4. The third-order valence-electron chi connectivity index (χ3n) is 6.67. The highest BCUT2D eigenvalue weighted by molar-refractivity contribution is 7.92. The monoisotopic (exact) mass is 499 g/mol. The molecule has 0 unspecified atom stereocenters. The van der Waals surface area contributed by atoms with Crippen molar-refractivity contribution in [2.24, 2.45) is 0 Å². The molecule has 0 spiro atoms. The van der Waals surface area contributed by atoms with Crippen molar-refractivity contribution >= 4 is 27.5 Å². The molecule has 2 aromatic rings. The largest absolute Gasteiger partial charge is 0.352 e. The number of nitrogens with one attached hydrogen (secondary N) is 1. The fourth-order valence-corrected chi connectivity index (χ4v) is 5.72. The van der Waals surface area contributed by atoms with E-state index in [2.05, 4.69) is 5.32 Å².